The third-order valence-electron chi connectivity index (χ3n) is 5.53. The van der Waals surface area contributed by atoms with Gasteiger partial charge in [-0.25, -0.2) is 0 Å². The first-order valence-electron chi connectivity index (χ1n) is 8.34. The summed E-state index contributed by atoms with van der Waals surface area (Å²) in [6.45, 7) is 2.61. The van der Waals surface area contributed by atoms with E-state index in [1.54, 1.807) is 0 Å². The lowest BCUT2D eigenvalue weighted by atomic mass is 9.74. The summed E-state index contributed by atoms with van der Waals surface area (Å²) in [5.41, 5.74) is 7.55. The van der Waals surface area contributed by atoms with Crippen LogP contribution in [0.3, 0.4) is 0 Å². The molecule has 1 saturated carbocycles. The van der Waals surface area contributed by atoms with Gasteiger partial charge in [-0.3, -0.25) is 4.90 Å². The average Bonchev–Trinajstić information content (AvgIpc) is 3.09. The van der Waals surface area contributed by atoms with Crippen molar-refractivity contribution >= 4 is 0 Å². The standard InChI is InChI=1S/C18H28N2O/c1-20(17-9-10-21-13-17)18-11-15(7-8-16(18)12-19)14-5-3-2-4-6-14/h2-6,15-18H,7-13,19H2,1H3. The smallest absolute Gasteiger partial charge is 0.0622 e. The molecule has 3 nitrogen and oxygen atoms in total. The van der Waals surface area contributed by atoms with Gasteiger partial charge < -0.3 is 10.5 Å². The molecule has 4 unspecified atom stereocenters. The summed E-state index contributed by atoms with van der Waals surface area (Å²) in [6.07, 6.45) is 4.93. The van der Waals surface area contributed by atoms with E-state index in [2.05, 4.69) is 42.3 Å². The van der Waals surface area contributed by atoms with E-state index < -0.39 is 0 Å². The molecule has 1 saturated heterocycles. The Hall–Kier alpha value is -0.900. The highest BCUT2D eigenvalue weighted by Gasteiger charge is 2.36. The van der Waals surface area contributed by atoms with Crippen LogP contribution in [-0.2, 0) is 4.74 Å². The minimum absolute atomic E-state index is 0.582. The summed E-state index contributed by atoms with van der Waals surface area (Å²) in [7, 11) is 2.28. The minimum atomic E-state index is 0.582. The van der Waals surface area contributed by atoms with Crippen molar-refractivity contribution in [2.45, 2.75) is 43.7 Å². The molecule has 0 bridgehead atoms. The number of hydrogen-bond acceptors (Lipinski definition) is 3. The Labute approximate surface area is 128 Å². The topological polar surface area (TPSA) is 38.5 Å². The van der Waals surface area contributed by atoms with Crippen LogP contribution in [0.4, 0.5) is 0 Å². The van der Waals surface area contributed by atoms with Crippen LogP contribution in [0, 0.1) is 5.92 Å². The second-order valence-corrected chi connectivity index (χ2v) is 6.67. The molecule has 1 heterocycles. The van der Waals surface area contributed by atoms with Crippen molar-refractivity contribution < 1.29 is 4.74 Å². The first kappa shape index (κ1) is 15.0. The lowest BCUT2D eigenvalue weighted by Crippen LogP contribution is -2.49. The minimum Gasteiger partial charge on any atom is -0.380 e. The zero-order chi connectivity index (χ0) is 14.7. The molecule has 2 N–H and O–H groups in total. The van der Waals surface area contributed by atoms with E-state index in [0.717, 1.165) is 19.8 Å². The summed E-state index contributed by atoms with van der Waals surface area (Å²) in [5.74, 6) is 1.32. The predicted molar refractivity (Wildman–Crippen MR) is 86.4 cm³/mol. The van der Waals surface area contributed by atoms with Crippen molar-refractivity contribution in [2.75, 3.05) is 26.8 Å². The fourth-order valence-corrected chi connectivity index (χ4v) is 4.13. The molecule has 0 radical (unpaired) electrons. The van der Waals surface area contributed by atoms with Crippen molar-refractivity contribution in [3.05, 3.63) is 35.9 Å². The van der Waals surface area contributed by atoms with Gasteiger partial charge in [0.15, 0.2) is 0 Å². The Balaban J connectivity index is 1.72. The molecule has 0 spiro atoms. The van der Waals surface area contributed by atoms with Crippen molar-refractivity contribution in [3.63, 3.8) is 0 Å². The highest BCUT2D eigenvalue weighted by Crippen LogP contribution is 2.38. The summed E-state index contributed by atoms with van der Waals surface area (Å²) in [4.78, 5) is 2.57. The van der Waals surface area contributed by atoms with Gasteiger partial charge in [0, 0.05) is 18.7 Å². The number of nitrogens with zero attached hydrogens (tertiary/aromatic N) is 1. The molecule has 116 valence electrons. The van der Waals surface area contributed by atoms with Gasteiger partial charge in [0.1, 0.15) is 0 Å². The van der Waals surface area contributed by atoms with E-state index in [4.69, 9.17) is 10.5 Å². The van der Waals surface area contributed by atoms with Crippen LogP contribution in [0.2, 0.25) is 0 Å². The molecule has 1 aromatic rings. The Morgan fingerprint density at radius 2 is 2.00 bits per heavy atom. The number of likely N-dealkylation sites (N-methyl/N-ethyl adjacent to an activating group) is 1. The Kier molecular flexibility index (Phi) is 4.94. The Morgan fingerprint density at radius 3 is 2.67 bits per heavy atom. The summed E-state index contributed by atoms with van der Waals surface area (Å²) in [5, 5.41) is 0. The van der Waals surface area contributed by atoms with E-state index >= 15 is 0 Å². The molecule has 4 atom stereocenters. The predicted octanol–water partition coefficient (Wildman–Crippen LogP) is 2.62. The lowest BCUT2D eigenvalue weighted by Gasteiger charge is -2.43. The second kappa shape index (κ2) is 6.91. The van der Waals surface area contributed by atoms with E-state index in [1.807, 2.05) is 0 Å². The van der Waals surface area contributed by atoms with Gasteiger partial charge in [0.05, 0.1) is 6.61 Å². The monoisotopic (exact) mass is 288 g/mol. The van der Waals surface area contributed by atoms with Gasteiger partial charge in [-0.05, 0) is 56.7 Å². The molecule has 2 fully saturated rings. The molecular formula is C18H28N2O. The van der Waals surface area contributed by atoms with Crippen LogP contribution < -0.4 is 5.73 Å². The van der Waals surface area contributed by atoms with Crippen LogP contribution in [-0.4, -0.2) is 43.8 Å². The third kappa shape index (κ3) is 3.31. The molecule has 2 aliphatic rings. The highest BCUT2D eigenvalue weighted by molar-refractivity contribution is 5.20. The lowest BCUT2D eigenvalue weighted by molar-refractivity contribution is 0.0737. The van der Waals surface area contributed by atoms with Gasteiger partial charge in [0.2, 0.25) is 0 Å². The van der Waals surface area contributed by atoms with Crippen LogP contribution >= 0.6 is 0 Å². The maximum Gasteiger partial charge on any atom is 0.0622 e. The zero-order valence-corrected chi connectivity index (χ0v) is 13.1. The maximum absolute atomic E-state index is 6.06. The molecule has 3 heteroatoms. The van der Waals surface area contributed by atoms with Crippen LogP contribution in [0.25, 0.3) is 0 Å². The highest BCUT2D eigenvalue weighted by atomic mass is 16.5. The molecule has 21 heavy (non-hydrogen) atoms. The fourth-order valence-electron chi connectivity index (χ4n) is 4.13. The Bertz CT molecular complexity index is 430. The molecule has 0 amide bonds. The van der Waals surface area contributed by atoms with Gasteiger partial charge in [-0.1, -0.05) is 30.3 Å². The molecule has 1 aliphatic carbocycles. The number of ether oxygens (including phenoxy) is 1. The quantitative estimate of drug-likeness (QED) is 0.925. The summed E-state index contributed by atoms with van der Waals surface area (Å²) < 4.78 is 5.58. The van der Waals surface area contributed by atoms with Gasteiger partial charge >= 0.3 is 0 Å². The van der Waals surface area contributed by atoms with Crippen LogP contribution in [0.5, 0.6) is 0 Å². The Morgan fingerprint density at radius 1 is 1.19 bits per heavy atom. The van der Waals surface area contributed by atoms with E-state index in [9.17, 15) is 0 Å². The number of nitrogens with two attached hydrogens (primary N) is 1. The summed E-state index contributed by atoms with van der Waals surface area (Å²) >= 11 is 0. The van der Waals surface area contributed by atoms with E-state index in [1.165, 1.54) is 31.2 Å². The number of hydrogen-bond donors (Lipinski definition) is 1. The first-order valence-corrected chi connectivity index (χ1v) is 8.34. The SMILES string of the molecule is CN(C1CCOC1)C1CC(c2ccccc2)CCC1CN. The van der Waals surface area contributed by atoms with Gasteiger partial charge in [-0.15, -0.1) is 0 Å². The van der Waals surface area contributed by atoms with Crippen molar-refractivity contribution in [1.29, 1.82) is 0 Å². The van der Waals surface area contributed by atoms with Crippen molar-refractivity contribution in [1.82, 2.24) is 4.90 Å². The first-order chi connectivity index (χ1) is 10.3. The van der Waals surface area contributed by atoms with Crippen LogP contribution in [0.1, 0.15) is 37.2 Å². The van der Waals surface area contributed by atoms with Crippen LogP contribution in [0.15, 0.2) is 30.3 Å². The molecule has 3 rings (SSSR count). The fraction of sp³-hybridized carbons (Fsp3) is 0.667. The van der Waals surface area contributed by atoms with Crippen molar-refractivity contribution in [2.24, 2.45) is 11.7 Å². The zero-order valence-electron chi connectivity index (χ0n) is 13.1. The maximum atomic E-state index is 6.06. The molecular weight excluding hydrogens is 260 g/mol. The largest absolute Gasteiger partial charge is 0.380 e. The van der Waals surface area contributed by atoms with E-state index in [0.29, 0.717) is 23.9 Å². The summed E-state index contributed by atoms with van der Waals surface area (Å²) in [6, 6.07) is 12.2. The molecule has 0 aromatic heterocycles. The number of benzene rings is 1. The average molecular weight is 288 g/mol. The third-order valence-corrected chi connectivity index (χ3v) is 5.53. The van der Waals surface area contributed by atoms with E-state index in [-0.39, 0.29) is 0 Å². The molecule has 1 aliphatic heterocycles. The number of rotatable bonds is 4. The van der Waals surface area contributed by atoms with Gasteiger partial charge in [0.25, 0.3) is 0 Å². The second-order valence-electron chi connectivity index (χ2n) is 6.67. The van der Waals surface area contributed by atoms with Gasteiger partial charge in [-0.2, -0.15) is 0 Å². The van der Waals surface area contributed by atoms with Crippen molar-refractivity contribution in [3.8, 4) is 0 Å². The normalized spacial score (nSPS) is 33.5. The molecule has 1 aromatic carbocycles.